The lowest BCUT2D eigenvalue weighted by atomic mass is 9.99. The fourth-order valence-electron chi connectivity index (χ4n) is 4.59. The van der Waals surface area contributed by atoms with Crippen LogP contribution >= 0.6 is 0 Å². The molecule has 0 aromatic heterocycles. The normalized spacial score (nSPS) is 18.5. The van der Waals surface area contributed by atoms with Crippen LogP contribution in [0.3, 0.4) is 0 Å². The van der Waals surface area contributed by atoms with E-state index in [9.17, 15) is 19.7 Å². The summed E-state index contributed by atoms with van der Waals surface area (Å²) in [5.41, 5.74) is 2.12. The molecule has 2 aromatic rings. The van der Waals surface area contributed by atoms with E-state index in [-0.39, 0.29) is 11.3 Å². The number of anilines is 2. The second-order valence-corrected chi connectivity index (χ2v) is 9.36. The third kappa shape index (κ3) is 6.79. The van der Waals surface area contributed by atoms with E-state index >= 15 is 0 Å². The number of carbonyl (C=O) groups excluding carboxylic acids is 2. The van der Waals surface area contributed by atoms with Gasteiger partial charge in [-0.05, 0) is 48.6 Å². The maximum absolute atomic E-state index is 12.5. The zero-order valence-electron chi connectivity index (χ0n) is 20.5. The van der Waals surface area contributed by atoms with Crippen molar-refractivity contribution < 1.29 is 24.0 Å². The van der Waals surface area contributed by atoms with Crippen LogP contribution in [-0.4, -0.2) is 67.7 Å². The van der Waals surface area contributed by atoms with E-state index in [1.54, 1.807) is 18.2 Å². The predicted molar refractivity (Wildman–Crippen MR) is 135 cm³/mol. The SMILES string of the molecule is CC1CCCN(c2ccc(C(=O)OCC(=O)Nc3ccc(CN4CCOCC4)cc3)cc2[N+](=O)[O-])C1. The van der Waals surface area contributed by atoms with E-state index in [1.165, 1.54) is 12.1 Å². The Morgan fingerprint density at radius 2 is 1.89 bits per heavy atom. The number of hydrogen-bond acceptors (Lipinski definition) is 8. The lowest BCUT2D eigenvalue weighted by molar-refractivity contribution is -0.384. The average Bonchev–Trinajstić information content (AvgIpc) is 2.88. The molecular formula is C26H32N4O6. The van der Waals surface area contributed by atoms with Gasteiger partial charge in [0, 0.05) is 44.5 Å². The quantitative estimate of drug-likeness (QED) is 0.336. The summed E-state index contributed by atoms with van der Waals surface area (Å²) in [6, 6.07) is 11.8. The molecule has 2 aromatic carbocycles. The Kier molecular flexibility index (Phi) is 8.50. The number of piperidine rings is 1. The van der Waals surface area contributed by atoms with Crippen molar-refractivity contribution in [3.05, 3.63) is 63.7 Å². The van der Waals surface area contributed by atoms with Gasteiger partial charge in [0.15, 0.2) is 6.61 Å². The second kappa shape index (κ2) is 12.0. The first-order valence-electron chi connectivity index (χ1n) is 12.3. The molecule has 10 nitrogen and oxygen atoms in total. The molecule has 1 amide bonds. The number of nitrogens with one attached hydrogen (secondary N) is 1. The lowest BCUT2D eigenvalue weighted by Gasteiger charge is -2.32. The number of ether oxygens (including phenoxy) is 2. The molecule has 1 atom stereocenters. The standard InChI is InChI=1S/C26H32N4O6/c1-19-3-2-10-29(16-19)23-9-6-21(15-24(23)30(33)34)26(32)36-18-25(31)27-22-7-4-20(5-8-22)17-28-11-13-35-14-12-28/h4-9,15,19H,2-3,10-14,16-18H2,1H3,(H,27,31). The molecule has 10 heteroatoms. The number of nitro groups is 1. The minimum absolute atomic E-state index is 0.0378. The van der Waals surface area contributed by atoms with Gasteiger partial charge in [-0.25, -0.2) is 4.79 Å². The highest BCUT2D eigenvalue weighted by molar-refractivity contribution is 5.96. The van der Waals surface area contributed by atoms with Crippen molar-refractivity contribution in [2.75, 3.05) is 56.2 Å². The smallest absolute Gasteiger partial charge is 0.338 e. The number of carbonyl (C=O) groups is 2. The zero-order chi connectivity index (χ0) is 25.5. The van der Waals surface area contributed by atoms with Crippen LogP contribution in [0.15, 0.2) is 42.5 Å². The van der Waals surface area contributed by atoms with Crippen LogP contribution in [-0.2, 0) is 20.8 Å². The number of hydrogen-bond donors (Lipinski definition) is 1. The molecule has 0 radical (unpaired) electrons. The van der Waals surface area contributed by atoms with Gasteiger partial charge in [-0.3, -0.25) is 19.8 Å². The number of rotatable bonds is 8. The number of nitro benzene ring substituents is 1. The van der Waals surface area contributed by atoms with Crippen molar-refractivity contribution in [2.45, 2.75) is 26.3 Å². The number of esters is 1. The van der Waals surface area contributed by atoms with E-state index in [0.717, 1.165) is 64.3 Å². The molecule has 1 N–H and O–H groups in total. The highest BCUT2D eigenvalue weighted by Gasteiger charge is 2.25. The molecule has 2 fully saturated rings. The zero-order valence-corrected chi connectivity index (χ0v) is 20.5. The molecule has 2 saturated heterocycles. The van der Waals surface area contributed by atoms with Crippen molar-refractivity contribution >= 4 is 28.9 Å². The van der Waals surface area contributed by atoms with Gasteiger partial charge in [-0.1, -0.05) is 19.1 Å². The summed E-state index contributed by atoms with van der Waals surface area (Å²) in [6.45, 7) is 7.19. The Morgan fingerprint density at radius 1 is 1.14 bits per heavy atom. The molecule has 0 bridgehead atoms. The molecule has 1 unspecified atom stereocenters. The third-order valence-electron chi connectivity index (χ3n) is 6.49. The first-order valence-corrected chi connectivity index (χ1v) is 12.3. The fourth-order valence-corrected chi connectivity index (χ4v) is 4.59. The Labute approximate surface area is 210 Å². The summed E-state index contributed by atoms with van der Waals surface area (Å²) < 4.78 is 10.5. The van der Waals surface area contributed by atoms with Gasteiger partial charge in [0.25, 0.3) is 11.6 Å². The molecule has 2 aliphatic rings. The Bertz CT molecular complexity index is 1080. The van der Waals surface area contributed by atoms with Crippen molar-refractivity contribution in [1.82, 2.24) is 4.90 Å². The first-order chi connectivity index (χ1) is 17.4. The molecule has 4 rings (SSSR count). The van der Waals surface area contributed by atoms with Gasteiger partial charge in [0.2, 0.25) is 0 Å². The maximum Gasteiger partial charge on any atom is 0.338 e. The average molecular weight is 497 g/mol. The summed E-state index contributed by atoms with van der Waals surface area (Å²) >= 11 is 0. The van der Waals surface area contributed by atoms with Crippen LogP contribution in [0.5, 0.6) is 0 Å². The van der Waals surface area contributed by atoms with E-state index in [1.807, 2.05) is 17.0 Å². The Hall–Kier alpha value is -3.50. The van der Waals surface area contributed by atoms with Gasteiger partial charge >= 0.3 is 5.97 Å². The number of amides is 1. The fraction of sp³-hybridized carbons (Fsp3) is 0.462. The molecule has 2 aliphatic heterocycles. The highest BCUT2D eigenvalue weighted by atomic mass is 16.6. The van der Waals surface area contributed by atoms with Crippen LogP contribution in [0.4, 0.5) is 17.1 Å². The minimum Gasteiger partial charge on any atom is -0.452 e. The second-order valence-electron chi connectivity index (χ2n) is 9.36. The van der Waals surface area contributed by atoms with Gasteiger partial charge in [-0.15, -0.1) is 0 Å². The number of nitrogens with zero attached hydrogens (tertiary/aromatic N) is 3. The summed E-state index contributed by atoms with van der Waals surface area (Å²) in [4.78, 5) is 40.3. The van der Waals surface area contributed by atoms with E-state index in [2.05, 4.69) is 17.1 Å². The van der Waals surface area contributed by atoms with Crippen molar-refractivity contribution in [2.24, 2.45) is 5.92 Å². The lowest BCUT2D eigenvalue weighted by Crippen LogP contribution is -2.35. The monoisotopic (exact) mass is 496 g/mol. The molecular weight excluding hydrogens is 464 g/mol. The van der Waals surface area contributed by atoms with Gasteiger partial charge in [0.1, 0.15) is 5.69 Å². The molecule has 0 spiro atoms. The van der Waals surface area contributed by atoms with Crippen molar-refractivity contribution in [3.63, 3.8) is 0 Å². The van der Waals surface area contributed by atoms with Crippen LogP contribution in [0.2, 0.25) is 0 Å². The number of benzene rings is 2. The summed E-state index contributed by atoms with van der Waals surface area (Å²) in [7, 11) is 0. The van der Waals surface area contributed by atoms with Crippen molar-refractivity contribution in [1.29, 1.82) is 0 Å². The Balaban J connectivity index is 1.30. The van der Waals surface area contributed by atoms with Crippen molar-refractivity contribution in [3.8, 4) is 0 Å². The highest BCUT2D eigenvalue weighted by Crippen LogP contribution is 2.32. The molecule has 192 valence electrons. The van der Waals surface area contributed by atoms with Gasteiger partial charge in [0.05, 0.1) is 23.7 Å². The summed E-state index contributed by atoms with van der Waals surface area (Å²) in [6.07, 6.45) is 2.06. The number of morpholine rings is 1. The Morgan fingerprint density at radius 3 is 2.58 bits per heavy atom. The van der Waals surface area contributed by atoms with Gasteiger partial charge < -0.3 is 19.7 Å². The van der Waals surface area contributed by atoms with Crippen LogP contribution in [0, 0.1) is 16.0 Å². The maximum atomic E-state index is 12.5. The molecule has 36 heavy (non-hydrogen) atoms. The summed E-state index contributed by atoms with van der Waals surface area (Å²) in [5.74, 6) is -0.826. The van der Waals surface area contributed by atoms with E-state index in [4.69, 9.17) is 9.47 Å². The largest absolute Gasteiger partial charge is 0.452 e. The van der Waals surface area contributed by atoms with E-state index in [0.29, 0.717) is 17.3 Å². The predicted octanol–water partition coefficient (Wildman–Crippen LogP) is 3.46. The minimum atomic E-state index is -0.785. The first kappa shape index (κ1) is 25.6. The summed E-state index contributed by atoms with van der Waals surface area (Å²) in [5, 5.41) is 14.4. The molecule has 0 aliphatic carbocycles. The topological polar surface area (TPSA) is 114 Å². The van der Waals surface area contributed by atoms with Gasteiger partial charge in [-0.2, -0.15) is 0 Å². The molecule has 2 heterocycles. The van der Waals surface area contributed by atoms with Crippen LogP contribution in [0.1, 0.15) is 35.7 Å². The van der Waals surface area contributed by atoms with E-state index < -0.39 is 23.4 Å². The van der Waals surface area contributed by atoms with Crippen LogP contribution in [0.25, 0.3) is 0 Å². The third-order valence-corrected chi connectivity index (χ3v) is 6.49. The van der Waals surface area contributed by atoms with Crippen LogP contribution < -0.4 is 10.2 Å². The molecule has 0 saturated carbocycles.